The Labute approximate surface area is 125 Å². The van der Waals surface area contributed by atoms with Gasteiger partial charge in [-0.2, -0.15) is 0 Å². The molecule has 0 bridgehead atoms. The normalized spacial score (nSPS) is 17.1. The zero-order valence-electron chi connectivity index (χ0n) is 12.8. The number of amides is 1. The van der Waals surface area contributed by atoms with E-state index in [1.54, 1.807) is 26.4 Å². The zero-order valence-corrected chi connectivity index (χ0v) is 12.8. The highest BCUT2D eigenvalue weighted by Crippen LogP contribution is 2.29. The summed E-state index contributed by atoms with van der Waals surface area (Å²) in [5, 5.41) is 6.21. The van der Waals surface area contributed by atoms with Crippen molar-refractivity contribution in [1.29, 1.82) is 0 Å². The molecule has 0 aromatic heterocycles. The summed E-state index contributed by atoms with van der Waals surface area (Å²) in [4.78, 5) is 14.5. The largest absolute Gasteiger partial charge is 0.493 e. The molecule has 1 saturated heterocycles. The number of piperazine rings is 1. The van der Waals surface area contributed by atoms with Crippen molar-refractivity contribution >= 4 is 11.6 Å². The molecule has 0 saturated carbocycles. The van der Waals surface area contributed by atoms with Gasteiger partial charge in [-0.15, -0.1) is 0 Å². The number of nitrogens with zero attached hydrogens (tertiary/aromatic N) is 1. The number of anilines is 1. The predicted molar refractivity (Wildman–Crippen MR) is 82.1 cm³/mol. The highest BCUT2D eigenvalue weighted by atomic mass is 16.5. The van der Waals surface area contributed by atoms with Crippen LogP contribution >= 0.6 is 0 Å². The third-order valence-corrected chi connectivity index (χ3v) is 3.73. The van der Waals surface area contributed by atoms with Crippen LogP contribution in [0.3, 0.4) is 0 Å². The first kappa shape index (κ1) is 15.6. The van der Waals surface area contributed by atoms with Crippen LogP contribution in [0.25, 0.3) is 0 Å². The molecule has 0 spiro atoms. The van der Waals surface area contributed by atoms with Crippen molar-refractivity contribution in [1.82, 2.24) is 10.2 Å². The molecule has 6 heteroatoms. The average Bonchev–Trinajstić information content (AvgIpc) is 2.54. The van der Waals surface area contributed by atoms with Gasteiger partial charge in [0.15, 0.2) is 11.5 Å². The maximum absolute atomic E-state index is 12.3. The number of nitrogens with one attached hydrogen (secondary N) is 2. The molecular weight excluding hydrogens is 270 g/mol. The Balaban J connectivity index is 2.01. The van der Waals surface area contributed by atoms with Gasteiger partial charge in [-0.3, -0.25) is 9.69 Å². The van der Waals surface area contributed by atoms with Crippen LogP contribution in [0.2, 0.25) is 0 Å². The number of benzene rings is 1. The van der Waals surface area contributed by atoms with E-state index < -0.39 is 0 Å². The van der Waals surface area contributed by atoms with Crippen molar-refractivity contribution in [2.24, 2.45) is 0 Å². The first-order valence-corrected chi connectivity index (χ1v) is 7.13. The van der Waals surface area contributed by atoms with Gasteiger partial charge >= 0.3 is 0 Å². The predicted octanol–water partition coefficient (Wildman–Crippen LogP) is 0.936. The van der Waals surface area contributed by atoms with E-state index in [1.807, 2.05) is 13.0 Å². The third kappa shape index (κ3) is 3.86. The minimum absolute atomic E-state index is 0.0101. The average molecular weight is 293 g/mol. The molecule has 21 heavy (non-hydrogen) atoms. The van der Waals surface area contributed by atoms with Crippen LogP contribution in [-0.4, -0.2) is 57.2 Å². The van der Waals surface area contributed by atoms with E-state index in [1.165, 1.54) is 0 Å². The van der Waals surface area contributed by atoms with Gasteiger partial charge in [-0.25, -0.2) is 0 Å². The number of hydrogen-bond acceptors (Lipinski definition) is 5. The molecule has 0 radical (unpaired) electrons. The van der Waals surface area contributed by atoms with Gasteiger partial charge in [-0.05, 0) is 19.1 Å². The summed E-state index contributed by atoms with van der Waals surface area (Å²) in [6, 6.07) is 5.20. The minimum Gasteiger partial charge on any atom is -0.493 e. The molecule has 2 N–H and O–H groups in total. The Hall–Kier alpha value is -1.79. The Morgan fingerprint density at radius 3 is 2.52 bits per heavy atom. The van der Waals surface area contributed by atoms with Crippen LogP contribution < -0.4 is 20.1 Å². The van der Waals surface area contributed by atoms with Crippen LogP contribution in [0.5, 0.6) is 11.5 Å². The summed E-state index contributed by atoms with van der Waals surface area (Å²) in [6.07, 6.45) is 0. The molecule has 1 aromatic carbocycles. The van der Waals surface area contributed by atoms with Crippen LogP contribution in [0, 0.1) is 0 Å². The fourth-order valence-corrected chi connectivity index (χ4v) is 2.40. The van der Waals surface area contributed by atoms with Crippen molar-refractivity contribution in [3.05, 3.63) is 18.2 Å². The molecular formula is C15H23N3O3. The fraction of sp³-hybridized carbons (Fsp3) is 0.533. The monoisotopic (exact) mass is 293 g/mol. The highest BCUT2D eigenvalue weighted by molar-refractivity contribution is 5.94. The maximum Gasteiger partial charge on any atom is 0.241 e. The summed E-state index contributed by atoms with van der Waals surface area (Å²) in [6.45, 7) is 5.56. The van der Waals surface area contributed by atoms with Gasteiger partial charge in [0.1, 0.15) is 0 Å². The maximum atomic E-state index is 12.3. The van der Waals surface area contributed by atoms with Crippen molar-refractivity contribution in [3.8, 4) is 11.5 Å². The number of carbonyl (C=O) groups excluding carboxylic acids is 1. The second-order valence-electron chi connectivity index (χ2n) is 5.02. The summed E-state index contributed by atoms with van der Waals surface area (Å²) < 4.78 is 10.4. The van der Waals surface area contributed by atoms with Gasteiger partial charge in [0.25, 0.3) is 0 Å². The van der Waals surface area contributed by atoms with Gasteiger partial charge < -0.3 is 20.1 Å². The lowest BCUT2D eigenvalue weighted by Crippen LogP contribution is -2.51. The topological polar surface area (TPSA) is 62.8 Å². The summed E-state index contributed by atoms with van der Waals surface area (Å²) >= 11 is 0. The van der Waals surface area contributed by atoms with Crippen LogP contribution in [0.4, 0.5) is 5.69 Å². The van der Waals surface area contributed by atoms with Crippen molar-refractivity contribution in [3.63, 3.8) is 0 Å². The molecule has 2 rings (SSSR count). The molecule has 1 aliphatic heterocycles. The van der Waals surface area contributed by atoms with E-state index in [0.717, 1.165) is 26.2 Å². The molecule has 1 fully saturated rings. The first-order chi connectivity index (χ1) is 10.2. The molecule has 116 valence electrons. The molecule has 1 heterocycles. The Bertz CT molecular complexity index is 487. The molecule has 1 aromatic rings. The van der Waals surface area contributed by atoms with E-state index in [4.69, 9.17) is 9.47 Å². The smallest absolute Gasteiger partial charge is 0.241 e. The molecule has 6 nitrogen and oxygen atoms in total. The molecule has 0 aliphatic carbocycles. The standard InChI is InChI=1S/C15H23N3O3/c1-11(18-8-6-16-7-9-18)15(19)17-12-4-5-13(20-2)14(10-12)21-3/h4-5,10-11,16H,6-9H2,1-3H3,(H,17,19). The fourth-order valence-electron chi connectivity index (χ4n) is 2.40. The second-order valence-corrected chi connectivity index (χ2v) is 5.02. The molecule has 1 amide bonds. The summed E-state index contributed by atoms with van der Waals surface area (Å²) in [7, 11) is 3.16. The lowest BCUT2D eigenvalue weighted by Gasteiger charge is -2.31. The molecule has 1 atom stereocenters. The molecule has 1 unspecified atom stereocenters. The number of methoxy groups -OCH3 is 2. The van der Waals surface area contributed by atoms with Gasteiger partial charge in [0.2, 0.25) is 5.91 Å². The van der Waals surface area contributed by atoms with E-state index in [2.05, 4.69) is 15.5 Å². The summed E-state index contributed by atoms with van der Waals surface area (Å²) in [5.74, 6) is 1.24. The van der Waals surface area contributed by atoms with E-state index >= 15 is 0 Å². The SMILES string of the molecule is COc1ccc(NC(=O)C(C)N2CCNCC2)cc1OC. The van der Waals surface area contributed by atoms with Gasteiger partial charge in [0, 0.05) is 37.9 Å². The van der Waals surface area contributed by atoms with Crippen LogP contribution in [0.1, 0.15) is 6.92 Å². The number of hydrogen-bond donors (Lipinski definition) is 2. The third-order valence-electron chi connectivity index (χ3n) is 3.73. The Kier molecular flexibility index (Phi) is 5.41. The van der Waals surface area contributed by atoms with Gasteiger partial charge in [-0.1, -0.05) is 0 Å². The highest BCUT2D eigenvalue weighted by Gasteiger charge is 2.22. The Morgan fingerprint density at radius 2 is 1.90 bits per heavy atom. The van der Waals surface area contributed by atoms with E-state index in [-0.39, 0.29) is 11.9 Å². The quantitative estimate of drug-likeness (QED) is 0.846. The van der Waals surface area contributed by atoms with Crippen LogP contribution in [0.15, 0.2) is 18.2 Å². The van der Waals surface area contributed by atoms with E-state index in [0.29, 0.717) is 17.2 Å². The second kappa shape index (κ2) is 7.28. The molecule has 1 aliphatic rings. The van der Waals surface area contributed by atoms with Crippen molar-refractivity contribution in [2.45, 2.75) is 13.0 Å². The number of carbonyl (C=O) groups is 1. The lowest BCUT2D eigenvalue weighted by atomic mass is 10.2. The van der Waals surface area contributed by atoms with Crippen molar-refractivity contribution < 1.29 is 14.3 Å². The lowest BCUT2D eigenvalue weighted by molar-refractivity contribution is -0.120. The van der Waals surface area contributed by atoms with Crippen molar-refractivity contribution in [2.75, 3.05) is 45.7 Å². The first-order valence-electron chi connectivity index (χ1n) is 7.13. The number of rotatable bonds is 5. The number of ether oxygens (including phenoxy) is 2. The van der Waals surface area contributed by atoms with E-state index in [9.17, 15) is 4.79 Å². The van der Waals surface area contributed by atoms with Gasteiger partial charge in [0.05, 0.1) is 20.3 Å². The summed E-state index contributed by atoms with van der Waals surface area (Å²) in [5.41, 5.74) is 0.708. The Morgan fingerprint density at radius 1 is 1.24 bits per heavy atom. The minimum atomic E-state index is -0.153. The zero-order chi connectivity index (χ0) is 15.2. The van der Waals surface area contributed by atoms with Crippen LogP contribution in [-0.2, 0) is 4.79 Å².